The van der Waals surface area contributed by atoms with Crippen molar-refractivity contribution in [3.8, 4) is 17.5 Å². The fourth-order valence-corrected chi connectivity index (χ4v) is 1.64. The minimum Gasteiger partial charge on any atom is -0.481 e. The van der Waals surface area contributed by atoms with Crippen LogP contribution in [-0.2, 0) is 4.79 Å². The van der Waals surface area contributed by atoms with Crippen molar-refractivity contribution in [1.82, 2.24) is 4.98 Å². The SMILES string of the molecule is N#Cc1nc(-c2ccc(Cl)cc2)oc1NCCC(=O)O. The van der Waals surface area contributed by atoms with E-state index in [-0.39, 0.29) is 30.4 Å². The molecular weight excluding hydrogens is 282 g/mol. The fourth-order valence-electron chi connectivity index (χ4n) is 1.51. The molecular formula is C13H10ClN3O3. The highest BCUT2D eigenvalue weighted by atomic mass is 35.5. The second kappa shape index (κ2) is 6.08. The van der Waals surface area contributed by atoms with Gasteiger partial charge in [-0.2, -0.15) is 10.2 Å². The molecule has 0 fully saturated rings. The van der Waals surface area contributed by atoms with E-state index >= 15 is 0 Å². The summed E-state index contributed by atoms with van der Waals surface area (Å²) >= 11 is 5.79. The number of aromatic nitrogens is 1. The van der Waals surface area contributed by atoms with Crippen LogP contribution in [-0.4, -0.2) is 22.6 Å². The standard InChI is InChI=1S/C13H10ClN3O3/c14-9-3-1-8(2-4-9)12-17-10(7-15)13(20-12)16-6-5-11(18)19/h1-4,16H,5-6H2,(H,18,19). The van der Waals surface area contributed by atoms with Crippen LogP contribution in [0, 0.1) is 11.3 Å². The van der Waals surface area contributed by atoms with Crippen LogP contribution in [0.5, 0.6) is 0 Å². The lowest BCUT2D eigenvalue weighted by Gasteiger charge is -1.99. The third-order valence-corrected chi connectivity index (χ3v) is 2.70. The molecule has 0 aliphatic rings. The number of carbonyl (C=O) groups is 1. The number of benzene rings is 1. The van der Waals surface area contributed by atoms with Gasteiger partial charge in [0.15, 0.2) is 0 Å². The van der Waals surface area contributed by atoms with Crippen molar-refractivity contribution in [2.45, 2.75) is 6.42 Å². The van der Waals surface area contributed by atoms with Crippen LogP contribution < -0.4 is 5.32 Å². The molecule has 1 heterocycles. The molecule has 0 radical (unpaired) electrons. The summed E-state index contributed by atoms with van der Waals surface area (Å²) in [6, 6.07) is 8.70. The minimum atomic E-state index is -0.937. The molecule has 20 heavy (non-hydrogen) atoms. The highest BCUT2D eigenvalue weighted by molar-refractivity contribution is 6.30. The van der Waals surface area contributed by atoms with E-state index in [4.69, 9.17) is 26.4 Å². The number of hydrogen-bond donors (Lipinski definition) is 2. The summed E-state index contributed by atoms with van der Waals surface area (Å²) in [5.74, 6) is -0.497. The molecule has 0 amide bonds. The Morgan fingerprint density at radius 3 is 2.75 bits per heavy atom. The Morgan fingerprint density at radius 2 is 2.15 bits per heavy atom. The molecule has 0 aliphatic heterocycles. The molecule has 1 aromatic carbocycles. The van der Waals surface area contributed by atoms with Crippen LogP contribution in [0.2, 0.25) is 5.02 Å². The topological polar surface area (TPSA) is 99.2 Å². The lowest BCUT2D eigenvalue weighted by atomic mass is 10.2. The Labute approximate surface area is 119 Å². The summed E-state index contributed by atoms with van der Waals surface area (Å²) in [4.78, 5) is 14.5. The predicted octanol–water partition coefficient (Wildman–Crippen LogP) is 2.75. The number of rotatable bonds is 5. The van der Waals surface area contributed by atoms with Crippen LogP contribution in [0.1, 0.15) is 12.1 Å². The first-order valence-electron chi connectivity index (χ1n) is 5.72. The van der Waals surface area contributed by atoms with Crippen molar-refractivity contribution in [2.75, 3.05) is 11.9 Å². The monoisotopic (exact) mass is 291 g/mol. The molecule has 7 heteroatoms. The Balaban J connectivity index is 2.20. The van der Waals surface area contributed by atoms with E-state index in [0.717, 1.165) is 0 Å². The number of carboxylic acids is 1. The summed E-state index contributed by atoms with van der Waals surface area (Å²) in [6.45, 7) is 0.152. The predicted molar refractivity (Wildman–Crippen MR) is 72.4 cm³/mol. The largest absolute Gasteiger partial charge is 0.481 e. The van der Waals surface area contributed by atoms with Crippen molar-refractivity contribution in [2.24, 2.45) is 0 Å². The average molecular weight is 292 g/mol. The molecule has 0 bridgehead atoms. The first-order chi connectivity index (χ1) is 9.60. The molecule has 2 rings (SSSR count). The van der Waals surface area contributed by atoms with E-state index in [2.05, 4.69) is 10.3 Å². The summed E-state index contributed by atoms with van der Waals surface area (Å²) in [5, 5.41) is 20.9. The van der Waals surface area contributed by atoms with Gasteiger partial charge >= 0.3 is 5.97 Å². The van der Waals surface area contributed by atoms with Crippen molar-refractivity contribution in [1.29, 1.82) is 5.26 Å². The Kier molecular flexibility index (Phi) is 4.23. The molecule has 2 N–H and O–H groups in total. The maximum absolute atomic E-state index is 10.4. The van der Waals surface area contributed by atoms with E-state index in [1.165, 1.54) is 0 Å². The number of nitrogens with zero attached hydrogens (tertiary/aromatic N) is 2. The molecule has 0 saturated carbocycles. The average Bonchev–Trinajstić information content (AvgIpc) is 2.82. The molecule has 1 aromatic heterocycles. The zero-order valence-electron chi connectivity index (χ0n) is 10.3. The number of nitrogens with one attached hydrogen (secondary N) is 1. The Bertz CT molecular complexity index is 658. The van der Waals surface area contributed by atoms with E-state index < -0.39 is 5.97 Å². The maximum Gasteiger partial charge on any atom is 0.305 e. The van der Waals surface area contributed by atoms with E-state index in [1.807, 2.05) is 6.07 Å². The number of aliphatic carboxylic acids is 1. The van der Waals surface area contributed by atoms with Crippen molar-refractivity contribution < 1.29 is 14.3 Å². The van der Waals surface area contributed by atoms with Crippen LogP contribution in [0.15, 0.2) is 28.7 Å². The second-order valence-corrected chi connectivity index (χ2v) is 4.32. The maximum atomic E-state index is 10.4. The van der Waals surface area contributed by atoms with Crippen LogP contribution in [0.4, 0.5) is 5.88 Å². The number of carboxylic acid groups (broad SMARTS) is 1. The minimum absolute atomic E-state index is 0.0815. The van der Waals surface area contributed by atoms with Gasteiger partial charge in [-0.05, 0) is 24.3 Å². The van der Waals surface area contributed by atoms with E-state index in [9.17, 15) is 4.79 Å². The van der Waals surface area contributed by atoms with Gasteiger partial charge in [0.05, 0.1) is 6.42 Å². The molecule has 0 unspecified atom stereocenters. The number of anilines is 1. The van der Waals surface area contributed by atoms with Crippen LogP contribution in [0.3, 0.4) is 0 Å². The van der Waals surface area contributed by atoms with Crippen molar-refractivity contribution in [3.63, 3.8) is 0 Å². The molecule has 0 saturated heterocycles. The van der Waals surface area contributed by atoms with Crippen molar-refractivity contribution in [3.05, 3.63) is 35.0 Å². The van der Waals surface area contributed by atoms with Gasteiger partial charge in [-0.25, -0.2) is 0 Å². The lowest BCUT2D eigenvalue weighted by Crippen LogP contribution is -2.07. The quantitative estimate of drug-likeness (QED) is 0.878. The second-order valence-electron chi connectivity index (χ2n) is 3.89. The van der Waals surface area contributed by atoms with Gasteiger partial charge in [0.2, 0.25) is 17.5 Å². The van der Waals surface area contributed by atoms with Gasteiger partial charge < -0.3 is 14.8 Å². The molecule has 0 aliphatic carbocycles. The Morgan fingerprint density at radius 1 is 1.45 bits per heavy atom. The first-order valence-corrected chi connectivity index (χ1v) is 6.10. The highest BCUT2D eigenvalue weighted by Crippen LogP contribution is 2.26. The summed E-state index contributed by atoms with van der Waals surface area (Å²) in [6.07, 6.45) is -0.0815. The summed E-state index contributed by atoms with van der Waals surface area (Å²) in [5.41, 5.74) is 0.762. The fraction of sp³-hybridized carbons (Fsp3) is 0.154. The smallest absolute Gasteiger partial charge is 0.305 e. The van der Waals surface area contributed by atoms with Gasteiger partial charge in [-0.15, -0.1) is 0 Å². The zero-order chi connectivity index (χ0) is 14.5. The summed E-state index contributed by atoms with van der Waals surface area (Å²) in [7, 11) is 0. The highest BCUT2D eigenvalue weighted by Gasteiger charge is 2.14. The number of hydrogen-bond acceptors (Lipinski definition) is 5. The Hall–Kier alpha value is -2.52. The van der Waals surface area contributed by atoms with Crippen LogP contribution in [0.25, 0.3) is 11.5 Å². The molecule has 2 aromatic rings. The number of oxazole rings is 1. The molecule has 102 valence electrons. The molecule has 0 spiro atoms. The molecule has 0 atom stereocenters. The van der Waals surface area contributed by atoms with Gasteiger partial charge in [0.25, 0.3) is 0 Å². The van der Waals surface area contributed by atoms with E-state index in [0.29, 0.717) is 10.6 Å². The van der Waals surface area contributed by atoms with Gasteiger partial charge in [0, 0.05) is 17.1 Å². The third kappa shape index (κ3) is 3.28. The van der Waals surface area contributed by atoms with Gasteiger partial charge in [-0.3, -0.25) is 4.79 Å². The lowest BCUT2D eigenvalue weighted by molar-refractivity contribution is -0.136. The zero-order valence-corrected chi connectivity index (χ0v) is 11.0. The molecule has 6 nitrogen and oxygen atoms in total. The van der Waals surface area contributed by atoms with Crippen molar-refractivity contribution >= 4 is 23.5 Å². The first kappa shape index (κ1) is 13.9. The number of nitriles is 1. The third-order valence-electron chi connectivity index (χ3n) is 2.45. The van der Waals surface area contributed by atoms with Gasteiger partial charge in [0.1, 0.15) is 6.07 Å². The van der Waals surface area contributed by atoms with E-state index in [1.54, 1.807) is 24.3 Å². The van der Waals surface area contributed by atoms with Gasteiger partial charge in [-0.1, -0.05) is 11.6 Å². The summed E-state index contributed by atoms with van der Waals surface area (Å²) < 4.78 is 5.43. The van der Waals surface area contributed by atoms with Crippen LogP contribution >= 0.6 is 11.6 Å². The normalized spacial score (nSPS) is 10.0. The number of halogens is 1.